The molecule has 10 heteroatoms. The van der Waals surface area contributed by atoms with Gasteiger partial charge >= 0.3 is 6.03 Å². The van der Waals surface area contributed by atoms with Crippen LogP contribution in [0.5, 0.6) is 0 Å². The van der Waals surface area contributed by atoms with Gasteiger partial charge in [0, 0.05) is 18.0 Å². The van der Waals surface area contributed by atoms with E-state index in [2.05, 4.69) is 20.9 Å². The Morgan fingerprint density at radius 2 is 2.19 bits per heavy atom. The third-order valence-corrected chi connectivity index (χ3v) is 5.56. The molecular weight excluding hydrogens is 370 g/mol. The molecule has 0 bridgehead atoms. The molecule has 146 valence electrons. The van der Waals surface area contributed by atoms with Gasteiger partial charge < -0.3 is 16.0 Å². The zero-order chi connectivity index (χ0) is 19.4. The van der Waals surface area contributed by atoms with E-state index >= 15 is 0 Å². The SMILES string of the molecule is Cc1nc(C(=O)NC[C@@H]2CCC[C@H](NC(=O)CN3C(=O)CNC3=O)C2)cs1. The maximum atomic E-state index is 12.2. The molecule has 1 aromatic rings. The Bertz CT molecular complexity index is 733. The van der Waals surface area contributed by atoms with Crippen molar-refractivity contribution in [3.63, 3.8) is 0 Å². The Morgan fingerprint density at radius 1 is 1.37 bits per heavy atom. The van der Waals surface area contributed by atoms with E-state index in [0.29, 0.717) is 12.2 Å². The van der Waals surface area contributed by atoms with Crippen molar-refractivity contribution >= 4 is 35.1 Å². The van der Waals surface area contributed by atoms with Crippen molar-refractivity contribution < 1.29 is 19.2 Å². The Kier molecular flexibility index (Phi) is 6.04. The first-order chi connectivity index (χ1) is 12.9. The summed E-state index contributed by atoms with van der Waals surface area (Å²) in [5, 5.41) is 10.8. The monoisotopic (exact) mass is 393 g/mol. The van der Waals surface area contributed by atoms with E-state index in [1.54, 1.807) is 5.38 Å². The average Bonchev–Trinajstić information content (AvgIpc) is 3.21. The second kappa shape index (κ2) is 8.47. The highest BCUT2D eigenvalue weighted by Crippen LogP contribution is 2.24. The van der Waals surface area contributed by atoms with Gasteiger partial charge in [-0.25, -0.2) is 9.78 Å². The van der Waals surface area contributed by atoms with Gasteiger partial charge in [0.25, 0.3) is 11.8 Å². The third kappa shape index (κ3) is 5.03. The van der Waals surface area contributed by atoms with Crippen molar-refractivity contribution in [2.75, 3.05) is 19.6 Å². The number of hydrogen-bond acceptors (Lipinski definition) is 6. The van der Waals surface area contributed by atoms with E-state index in [4.69, 9.17) is 0 Å². The van der Waals surface area contributed by atoms with Gasteiger partial charge in [-0.15, -0.1) is 11.3 Å². The van der Waals surface area contributed by atoms with Crippen LogP contribution in [0.2, 0.25) is 0 Å². The predicted molar refractivity (Wildman–Crippen MR) is 98.2 cm³/mol. The summed E-state index contributed by atoms with van der Waals surface area (Å²) in [4.78, 5) is 52.4. The molecule has 2 fully saturated rings. The number of thiazole rings is 1. The van der Waals surface area contributed by atoms with Crippen LogP contribution in [0, 0.1) is 12.8 Å². The van der Waals surface area contributed by atoms with Crippen LogP contribution in [0.15, 0.2) is 5.38 Å². The average molecular weight is 393 g/mol. The lowest BCUT2D eigenvalue weighted by atomic mass is 9.85. The van der Waals surface area contributed by atoms with E-state index < -0.39 is 11.9 Å². The molecule has 3 rings (SSSR count). The molecule has 27 heavy (non-hydrogen) atoms. The van der Waals surface area contributed by atoms with Crippen LogP contribution in [-0.4, -0.2) is 59.3 Å². The number of hydrogen-bond donors (Lipinski definition) is 3. The fourth-order valence-corrected chi connectivity index (χ4v) is 4.03. The number of imide groups is 1. The van der Waals surface area contributed by atoms with Crippen molar-refractivity contribution in [3.05, 3.63) is 16.1 Å². The Hall–Kier alpha value is -2.49. The van der Waals surface area contributed by atoms with Gasteiger partial charge in [-0.05, 0) is 32.1 Å². The van der Waals surface area contributed by atoms with E-state index in [9.17, 15) is 19.2 Å². The number of rotatable bonds is 6. The third-order valence-electron chi connectivity index (χ3n) is 4.79. The van der Waals surface area contributed by atoms with Gasteiger partial charge in [0.1, 0.15) is 12.2 Å². The number of carbonyl (C=O) groups is 4. The Labute approximate surface area is 160 Å². The summed E-state index contributed by atoms with van der Waals surface area (Å²) < 4.78 is 0. The minimum absolute atomic E-state index is 0.0181. The molecule has 2 aliphatic rings. The highest BCUT2D eigenvalue weighted by Gasteiger charge is 2.31. The highest BCUT2D eigenvalue weighted by molar-refractivity contribution is 7.09. The summed E-state index contributed by atoms with van der Waals surface area (Å²) >= 11 is 1.44. The van der Waals surface area contributed by atoms with E-state index in [-0.39, 0.29) is 36.9 Å². The zero-order valence-electron chi connectivity index (χ0n) is 15.1. The summed E-state index contributed by atoms with van der Waals surface area (Å²) in [6, 6.07) is -0.549. The second-order valence-corrected chi connectivity index (χ2v) is 7.96. The molecule has 0 aromatic carbocycles. The molecule has 1 saturated carbocycles. The van der Waals surface area contributed by atoms with Crippen molar-refractivity contribution in [3.8, 4) is 0 Å². The Balaban J connectivity index is 1.43. The lowest BCUT2D eigenvalue weighted by Crippen LogP contribution is -2.46. The van der Waals surface area contributed by atoms with E-state index in [0.717, 1.165) is 35.6 Å². The molecule has 0 radical (unpaired) electrons. The van der Waals surface area contributed by atoms with Gasteiger partial charge in [0.15, 0.2) is 0 Å². The van der Waals surface area contributed by atoms with Crippen molar-refractivity contribution in [1.82, 2.24) is 25.8 Å². The normalized spacial score (nSPS) is 22.5. The molecule has 1 saturated heterocycles. The molecule has 3 N–H and O–H groups in total. The number of amides is 5. The van der Waals surface area contributed by atoms with Gasteiger partial charge in [-0.2, -0.15) is 0 Å². The number of aromatic nitrogens is 1. The van der Waals surface area contributed by atoms with Crippen LogP contribution in [0.3, 0.4) is 0 Å². The van der Waals surface area contributed by atoms with Crippen molar-refractivity contribution in [2.24, 2.45) is 5.92 Å². The quantitative estimate of drug-likeness (QED) is 0.605. The van der Waals surface area contributed by atoms with E-state index in [1.165, 1.54) is 11.3 Å². The number of aryl methyl sites for hydroxylation is 1. The molecule has 1 aliphatic heterocycles. The molecular formula is C17H23N5O4S. The van der Waals surface area contributed by atoms with Crippen LogP contribution in [0.4, 0.5) is 4.79 Å². The summed E-state index contributed by atoms with van der Waals surface area (Å²) in [5.74, 6) is -0.641. The van der Waals surface area contributed by atoms with Gasteiger partial charge in [-0.1, -0.05) is 6.42 Å². The summed E-state index contributed by atoms with van der Waals surface area (Å²) in [6.45, 7) is 2.07. The molecule has 5 amide bonds. The predicted octanol–water partition coefficient (Wildman–Crippen LogP) is 0.408. The van der Waals surface area contributed by atoms with Crippen molar-refractivity contribution in [1.29, 1.82) is 0 Å². The maximum Gasteiger partial charge on any atom is 0.325 e. The zero-order valence-corrected chi connectivity index (χ0v) is 15.9. The fourth-order valence-electron chi connectivity index (χ4n) is 3.44. The lowest BCUT2D eigenvalue weighted by Gasteiger charge is -2.30. The first kappa shape index (κ1) is 19.3. The molecule has 1 aromatic heterocycles. The fraction of sp³-hybridized carbons (Fsp3) is 0.588. The first-order valence-corrected chi connectivity index (χ1v) is 9.88. The number of carbonyl (C=O) groups excluding carboxylic acids is 4. The van der Waals surface area contributed by atoms with Crippen LogP contribution in [0.25, 0.3) is 0 Å². The molecule has 9 nitrogen and oxygen atoms in total. The van der Waals surface area contributed by atoms with Gasteiger partial charge in [0.2, 0.25) is 5.91 Å². The van der Waals surface area contributed by atoms with Crippen LogP contribution >= 0.6 is 11.3 Å². The smallest absolute Gasteiger partial charge is 0.325 e. The summed E-state index contributed by atoms with van der Waals surface area (Å²) in [7, 11) is 0. The maximum absolute atomic E-state index is 12.2. The molecule has 0 spiro atoms. The summed E-state index contributed by atoms with van der Waals surface area (Å²) in [5.41, 5.74) is 0.437. The number of urea groups is 1. The lowest BCUT2D eigenvalue weighted by molar-refractivity contribution is -0.131. The molecule has 0 unspecified atom stereocenters. The number of nitrogens with one attached hydrogen (secondary N) is 3. The van der Waals surface area contributed by atoms with Crippen LogP contribution < -0.4 is 16.0 Å². The topological polar surface area (TPSA) is 120 Å². The van der Waals surface area contributed by atoms with Gasteiger partial charge in [-0.3, -0.25) is 19.3 Å². The van der Waals surface area contributed by atoms with Crippen LogP contribution in [-0.2, 0) is 9.59 Å². The molecule has 2 heterocycles. The Morgan fingerprint density at radius 3 is 2.85 bits per heavy atom. The minimum atomic E-state index is -0.531. The largest absolute Gasteiger partial charge is 0.352 e. The van der Waals surface area contributed by atoms with Gasteiger partial charge in [0.05, 0.1) is 11.6 Å². The standard InChI is InChI=1S/C17H23N5O4S/c1-10-20-13(9-27-10)16(25)18-6-11-3-2-4-12(5-11)21-14(23)8-22-15(24)7-19-17(22)26/h9,11-12H,2-8H2,1H3,(H,18,25)(H,19,26)(H,21,23)/t11-,12+/m1/s1. The van der Waals surface area contributed by atoms with Crippen LogP contribution in [0.1, 0.15) is 41.2 Å². The minimum Gasteiger partial charge on any atom is -0.352 e. The van der Waals surface area contributed by atoms with E-state index in [1.807, 2.05) is 6.92 Å². The molecule has 1 aliphatic carbocycles. The van der Waals surface area contributed by atoms with Crippen molar-refractivity contribution in [2.45, 2.75) is 38.6 Å². The highest BCUT2D eigenvalue weighted by atomic mass is 32.1. The second-order valence-electron chi connectivity index (χ2n) is 6.90. The first-order valence-electron chi connectivity index (χ1n) is 9.00. The number of nitrogens with zero attached hydrogens (tertiary/aromatic N) is 2. The summed E-state index contributed by atoms with van der Waals surface area (Å²) in [6.07, 6.45) is 3.53. The molecule has 2 atom stereocenters.